The topological polar surface area (TPSA) is 99.2 Å². The van der Waals surface area contributed by atoms with Crippen molar-refractivity contribution in [1.82, 2.24) is 4.90 Å². The minimum absolute atomic E-state index is 0.0678. The number of nitriles is 1. The number of carbonyl (C=O) groups excluding carboxylic acids is 2. The van der Waals surface area contributed by atoms with Crippen molar-refractivity contribution in [3.05, 3.63) is 65.2 Å². The Hall–Kier alpha value is -3.17. The van der Waals surface area contributed by atoms with Gasteiger partial charge in [-0.3, -0.25) is 9.59 Å². The average Bonchev–Trinajstić information content (AvgIpc) is 2.71. The molecule has 0 aliphatic heterocycles. The number of anilines is 1. The van der Waals surface area contributed by atoms with E-state index in [0.717, 1.165) is 30.5 Å². The summed E-state index contributed by atoms with van der Waals surface area (Å²) in [4.78, 5) is 27.3. The first-order valence-electron chi connectivity index (χ1n) is 10.7. The molecule has 0 heterocycles. The highest BCUT2D eigenvalue weighted by Crippen LogP contribution is 2.28. The molecule has 0 bridgehead atoms. The molecule has 0 aromatic heterocycles. The van der Waals surface area contributed by atoms with E-state index in [4.69, 9.17) is 11.0 Å². The van der Waals surface area contributed by atoms with Gasteiger partial charge in [0.15, 0.2) is 0 Å². The van der Waals surface area contributed by atoms with Gasteiger partial charge in [0.2, 0.25) is 5.91 Å². The minimum Gasteiger partial charge on any atom is -0.334 e. The lowest BCUT2D eigenvalue weighted by Gasteiger charge is -2.32. The predicted octanol–water partition coefficient (Wildman–Crippen LogP) is 3.92. The summed E-state index contributed by atoms with van der Waals surface area (Å²) in [6.07, 6.45) is 3.01. The van der Waals surface area contributed by atoms with Gasteiger partial charge in [0.05, 0.1) is 11.6 Å². The number of nitrogens with one attached hydrogen (secondary N) is 1. The normalized spacial score (nSPS) is 13.7. The number of hydrogen-bond donors (Lipinski definition) is 2. The molecule has 2 aromatic carbocycles. The summed E-state index contributed by atoms with van der Waals surface area (Å²) in [6, 6.07) is 16.4. The Morgan fingerprint density at radius 2 is 1.90 bits per heavy atom. The van der Waals surface area contributed by atoms with E-state index in [1.165, 1.54) is 0 Å². The number of hydrogen-bond acceptors (Lipinski definition) is 4. The average molecular weight is 419 g/mol. The zero-order chi connectivity index (χ0) is 22.4. The number of benzene rings is 2. The van der Waals surface area contributed by atoms with Crippen molar-refractivity contribution in [3.8, 4) is 6.07 Å². The van der Waals surface area contributed by atoms with Crippen LogP contribution in [-0.2, 0) is 11.3 Å². The Kier molecular flexibility index (Phi) is 7.09. The van der Waals surface area contributed by atoms with Gasteiger partial charge >= 0.3 is 0 Å². The van der Waals surface area contributed by atoms with Gasteiger partial charge < -0.3 is 16.0 Å². The van der Waals surface area contributed by atoms with Crippen LogP contribution in [0.3, 0.4) is 0 Å². The van der Waals surface area contributed by atoms with Crippen LogP contribution in [0.2, 0.25) is 0 Å². The molecular weight excluding hydrogens is 388 g/mol. The van der Waals surface area contributed by atoms with Crippen LogP contribution in [0.4, 0.5) is 5.69 Å². The van der Waals surface area contributed by atoms with Gasteiger partial charge in [0.25, 0.3) is 5.91 Å². The van der Waals surface area contributed by atoms with Gasteiger partial charge in [-0.1, -0.05) is 32.4 Å². The lowest BCUT2D eigenvalue weighted by molar-refractivity contribution is -0.122. The largest absolute Gasteiger partial charge is 0.334 e. The van der Waals surface area contributed by atoms with Crippen LogP contribution in [-0.4, -0.2) is 29.8 Å². The van der Waals surface area contributed by atoms with Crippen LogP contribution in [0.25, 0.3) is 0 Å². The summed E-state index contributed by atoms with van der Waals surface area (Å²) < 4.78 is 0. The highest BCUT2D eigenvalue weighted by Gasteiger charge is 2.26. The molecule has 0 unspecified atom stereocenters. The first-order chi connectivity index (χ1) is 14.8. The molecular formula is C25H30N4O2. The quantitative estimate of drug-likeness (QED) is 0.678. The third-order valence-electron chi connectivity index (χ3n) is 5.76. The highest BCUT2D eigenvalue weighted by molar-refractivity contribution is 5.94. The summed E-state index contributed by atoms with van der Waals surface area (Å²) in [5, 5.41) is 12.0. The van der Waals surface area contributed by atoms with E-state index in [1.54, 1.807) is 29.2 Å². The van der Waals surface area contributed by atoms with Gasteiger partial charge in [-0.15, -0.1) is 0 Å². The zero-order valence-electron chi connectivity index (χ0n) is 18.2. The summed E-state index contributed by atoms with van der Waals surface area (Å²) in [5.41, 5.74) is 8.40. The molecule has 0 atom stereocenters. The Morgan fingerprint density at radius 1 is 1.19 bits per heavy atom. The number of carbonyl (C=O) groups is 2. The van der Waals surface area contributed by atoms with Crippen LogP contribution in [0, 0.1) is 22.7 Å². The molecule has 3 rings (SSSR count). The van der Waals surface area contributed by atoms with Crippen molar-refractivity contribution in [2.75, 3.05) is 18.4 Å². The minimum atomic E-state index is -0.252. The van der Waals surface area contributed by atoms with Crippen LogP contribution in [0.5, 0.6) is 0 Å². The second-order valence-corrected chi connectivity index (χ2v) is 9.04. The van der Waals surface area contributed by atoms with Gasteiger partial charge in [0.1, 0.15) is 0 Å². The maximum absolute atomic E-state index is 13.3. The van der Waals surface area contributed by atoms with Crippen LogP contribution < -0.4 is 11.1 Å². The number of nitrogens with zero attached hydrogens (tertiary/aromatic N) is 2. The van der Waals surface area contributed by atoms with Crippen molar-refractivity contribution in [2.24, 2.45) is 17.1 Å². The fourth-order valence-corrected chi connectivity index (χ4v) is 3.53. The van der Waals surface area contributed by atoms with Gasteiger partial charge in [0, 0.05) is 30.3 Å². The molecule has 0 radical (unpaired) electrons. The lowest BCUT2D eigenvalue weighted by Crippen LogP contribution is -2.41. The summed E-state index contributed by atoms with van der Waals surface area (Å²) >= 11 is 0. The molecule has 1 saturated carbocycles. The van der Waals surface area contributed by atoms with Crippen LogP contribution in [0.15, 0.2) is 48.5 Å². The monoisotopic (exact) mass is 418 g/mol. The zero-order valence-corrected chi connectivity index (χ0v) is 18.2. The standard InChI is InChI=1S/C25H30N4O2/c1-25(2,16-27)17-29(24(31)21-11-9-18(14-26)10-12-21)15-19-5-3-8-22(13-19)28-23(30)20-6-4-7-20/h3,5,8-13,20H,4,6-7,15-17,27H2,1-2H3,(H,28,30). The van der Waals surface area contributed by atoms with Crippen LogP contribution >= 0.6 is 0 Å². The van der Waals surface area contributed by atoms with Crippen molar-refractivity contribution in [3.63, 3.8) is 0 Å². The van der Waals surface area contributed by atoms with Crippen molar-refractivity contribution >= 4 is 17.5 Å². The van der Waals surface area contributed by atoms with E-state index in [-0.39, 0.29) is 23.1 Å². The molecule has 162 valence electrons. The highest BCUT2D eigenvalue weighted by atomic mass is 16.2. The summed E-state index contributed by atoms with van der Waals surface area (Å²) in [5.74, 6) is 0.0663. The molecule has 1 fully saturated rings. The van der Waals surface area contributed by atoms with Crippen molar-refractivity contribution < 1.29 is 9.59 Å². The number of rotatable bonds is 8. The van der Waals surface area contributed by atoms with E-state index < -0.39 is 0 Å². The molecule has 2 aromatic rings. The Morgan fingerprint density at radius 3 is 2.48 bits per heavy atom. The Labute approximate surface area is 184 Å². The second kappa shape index (κ2) is 9.76. The third-order valence-corrected chi connectivity index (χ3v) is 5.76. The molecule has 1 aliphatic carbocycles. The van der Waals surface area contributed by atoms with Crippen molar-refractivity contribution in [2.45, 2.75) is 39.7 Å². The lowest BCUT2D eigenvalue weighted by atomic mass is 9.85. The van der Waals surface area contributed by atoms with E-state index in [1.807, 2.05) is 38.1 Å². The van der Waals surface area contributed by atoms with Gasteiger partial charge in [-0.05, 0) is 66.8 Å². The Balaban J connectivity index is 1.79. The fraction of sp³-hybridized carbons (Fsp3) is 0.400. The second-order valence-electron chi connectivity index (χ2n) is 9.04. The first-order valence-corrected chi connectivity index (χ1v) is 10.7. The predicted molar refractivity (Wildman–Crippen MR) is 121 cm³/mol. The SMILES string of the molecule is CC(C)(CN)CN(Cc1cccc(NC(=O)C2CCC2)c1)C(=O)c1ccc(C#N)cc1. The van der Waals surface area contributed by atoms with Gasteiger partial charge in [-0.25, -0.2) is 0 Å². The number of amides is 2. The van der Waals surface area contributed by atoms with E-state index in [0.29, 0.717) is 30.8 Å². The summed E-state index contributed by atoms with van der Waals surface area (Å²) in [6.45, 7) is 5.39. The van der Waals surface area contributed by atoms with Crippen molar-refractivity contribution in [1.29, 1.82) is 5.26 Å². The van der Waals surface area contributed by atoms with Crippen LogP contribution in [0.1, 0.15) is 54.6 Å². The molecule has 0 saturated heterocycles. The molecule has 1 aliphatic rings. The maximum Gasteiger partial charge on any atom is 0.254 e. The Bertz CT molecular complexity index is 972. The first kappa shape index (κ1) is 22.5. The molecule has 31 heavy (non-hydrogen) atoms. The van der Waals surface area contributed by atoms with E-state index in [2.05, 4.69) is 11.4 Å². The van der Waals surface area contributed by atoms with Gasteiger partial charge in [-0.2, -0.15) is 5.26 Å². The molecule has 6 nitrogen and oxygen atoms in total. The van der Waals surface area contributed by atoms with E-state index >= 15 is 0 Å². The smallest absolute Gasteiger partial charge is 0.254 e. The summed E-state index contributed by atoms with van der Waals surface area (Å²) in [7, 11) is 0. The number of nitrogens with two attached hydrogens (primary N) is 1. The third kappa shape index (κ3) is 5.93. The molecule has 6 heteroatoms. The molecule has 3 N–H and O–H groups in total. The maximum atomic E-state index is 13.3. The molecule has 2 amide bonds. The van der Waals surface area contributed by atoms with E-state index in [9.17, 15) is 9.59 Å². The fourth-order valence-electron chi connectivity index (χ4n) is 3.53. The molecule has 0 spiro atoms.